The molecule has 1 heterocycles. The molecule has 13 heavy (non-hydrogen) atoms. The molecule has 2 amide bonds. The van der Waals surface area contributed by atoms with Crippen molar-refractivity contribution < 1.29 is 6.22 Å². The van der Waals surface area contributed by atoms with Crippen molar-refractivity contribution in [2.24, 2.45) is 0 Å². The molecule has 1 aliphatic heterocycles. The highest BCUT2D eigenvalue weighted by Gasteiger charge is 2.11. The van der Waals surface area contributed by atoms with Crippen LogP contribution in [0.15, 0.2) is 24.3 Å². The van der Waals surface area contributed by atoms with Crippen LogP contribution < -0.4 is 10.6 Å². The first kappa shape index (κ1) is 9.58. The van der Waals surface area contributed by atoms with E-state index in [1.54, 1.807) is 0 Å². The maximum absolute atomic E-state index is 10.8. The zero-order valence-electron chi connectivity index (χ0n) is 7.92. The number of hydrogen-bond acceptors (Lipinski definition) is 1. The summed E-state index contributed by atoms with van der Waals surface area (Å²) in [6.45, 7) is 4.63. The molecular weight excluding hydrogens is 164 g/mol. The van der Waals surface area contributed by atoms with Gasteiger partial charge in [-0.05, 0) is 11.6 Å². The van der Waals surface area contributed by atoms with Crippen molar-refractivity contribution >= 4 is 11.7 Å². The van der Waals surface area contributed by atoms with E-state index in [4.69, 9.17) is 0 Å². The van der Waals surface area contributed by atoms with Crippen LogP contribution in [0.5, 0.6) is 0 Å². The molecule has 0 fully saturated rings. The molecule has 3 heteroatoms. The Hall–Kier alpha value is -1.51. The largest absolute Gasteiger partial charge is 0.334 e. The second-order valence-electron chi connectivity index (χ2n) is 2.46. The Morgan fingerprint density at radius 1 is 1.31 bits per heavy atom. The number of urea groups is 1. The van der Waals surface area contributed by atoms with E-state index in [1.165, 1.54) is 0 Å². The number of nitrogens with one attached hydrogen (secondary N) is 2. The summed E-state index contributed by atoms with van der Waals surface area (Å²) in [6, 6.07) is 7.63. The van der Waals surface area contributed by atoms with E-state index < -0.39 is 0 Å². The van der Waals surface area contributed by atoms with E-state index in [2.05, 4.69) is 10.6 Å². The van der Waals surface area contributed by atoms with E-state index in [-0.39, 0.29) is 7.46 Å². The highest BCUT2D eigenvalue weighted by molar-refractivity contribution is 5.92. The van der Waals surface area contributed by atoms with Crippen LogP contribution in [0.3, 0.4) is 0 Å². The number of rotatable bonds is 0. The van der Waals surface area contributed by atoms with Crippen LogP contribution in [0.4, 0.5) is 10.5 Å². The molecule has 0 radical (unpaired) electrons. The fourth-order valence-electron chi connectivity index (χ4n) is 1.14. The molecule has 3 nitrogen and oxygen atoms in total. The smallest absolute Gasteiger partial charge is 0.319 e. The lowest BCUT2D eigenvalue weighted by atomic mass is 10.1. The summed E-state index contributed by atoms with van der Waals surface area (Å²) >= 11 is 0. The Morgan fingerprint density at radius 2 is 2.00 bits per heavy atom. The molecule has 0 saturated heterocycles. The normalized spacial score (nSPS) is 12.9. The fraction of sp³-hybridized carbons (Fsp3) is 0.300. The lowest BCUT2D eigenvalue weighted by molar-refractivity contribution is 0.251. The van der Waals surface area contributed by atoms with Gasteiger partial charge < -0.3 is 10.6 Å². The maximum Gasteiger partial charge on any atom is 0.319 e. The van der Waals surface area contributed by atoms with Crippen molar-refractivity contribution in [3.8, 4) is 0 Å². The standard InChI is InChI=1S/C8H8N2O.C2H6.H2/c11-8-9-5-6-3-1-2-4-7(6)10-8;1-2;/h1-4H,5H2,(H2,9,10,11);1-2H3;1H. The molecular formula is C10H16N2O. The summed E-state index contributed by atoms with van der Waals surface area (Å²) < 4.78 is 0. The van der Waals surface area contributed by atoms with Gasteiger partial charge in [0, 0.05) is 13.7 Å². The number of fused-ring (bicyclic) bond motifs is 1. The molecule has 1 aliphatic rings. The van der Waals surface area contributed by atoms with E-state index in [0.717, 1.165) is 11.3 Å². The van der Waals surface area contributed by atoms with E-state index >= 15 is 0 Å². The van der Waals surface area contributed by atoms with Gasteiger partial charge in [0.1, 0.15) is 0 Å². The van der Waals surface area contributed by atoms with Gasteiger partial charge in [-0.3, -0.25) is 0 Å². The highest BCUT2D eigenvalue weighted by atomic mass is 16.2. The summed E-state index contributed by atoms with van der Waals surface area (Å²) in [5, 5.41) is 5.40. The van der Waals surface area contributed by atoms with E-state index in [1.807, 2.05) is 38.1 Å². The van der Waals surface area contributed by atoms with Crippen molar-refractivity contribution in [2.75, 3.05) is 5.32 Å². The zero-order valence-corrected chi connectivity index (χ0v) is 7.92. The third-order valence-corrected chi connectivity index (χ3v) is 1.70. The van der Waals surface area contributed by atoms with Crippen LogP contribution in [-0.2, 0) is 6.54 Å². The summed E-state index contributed by atoms with van der Waals surface area (Å²) in [7, 11) is 0. The average Bonchev–Trinajstić information content (AvgIpc) is 2.21. The van der Waals surface area contributed by atoms with Crippen molar-refractivity contribution in [2.45, 2.75) is 20.4 Å². The number of carbonyl (C=O) groups excluding carboxylic acids is 1. The number of para-hydroxylation sites is 1. The highest BCUT2D eigenvalue weighted by Crippen LogP contribution is 2.16. The van der Waals surface area contributed by atoms with Gasteiger partial charge in [-0.2, -0.15) is 0 Å². The predicted octanol–water partition coefficient (Wildman–Crippen LogP) is 2.59. The molecule has 0 aromatic heterocycles. The first-order chi connectivity index (χ1) is 6.36. The second-order valence-corrected chi connectivity index (χ2v) is 2.46. The Kier molecular flexibility index (Phi) is 3.31. The van der Waals surface area contributed by atoms with Crippen LogP contribution >= 0.6 is 0 Å². The molecule has 2 rings (SSSR count). The number of amides is 2. The number of benzene rings is 1. The Balaban J connectivity index is 0.000000531. The number of hydrogen-bond donors (Lipinski definition) is 2. The van der Waals surface area contributed by atoms with Gasteiger partial charge in [0.05, 0.1) is 0 Å². The van der Waals surface area contributed by atoms with E-state index in [0.29, 0.717) is 6.54 Å². The van der Waals surface area contributed by atoms with Gasteiger partial charge in [-0.15, -0.1) is 0 Å². The Labute approximate surface area is 79.6 Å². The van der Waals surface area contributed by atoms with Crippen molar-refractivity contribution in [3.05, 3.63) is 29.8 Å². The molecule has 0 atom stereocenters. The van der Waals surface area contributed by atoms with Gasteiger partial charge in [0.15, 0.2) is 0 Å². The quantitative estimate of drug-likeness (QED) is 0.633. The van der Waals surface area contributed by atoms with E-state index in [9.17, 15) is 4.79 Å². The third-order valence-electron chi connectivity index (χ3n) is 1.70. The minimum absolute atomic E-state index is 0. The average molecular weight is 180 g/mol. The molecule has 0 aliphatic carbocycles. The first-order valence-electron chi connectivity index (χ1n) is 4.49. The van der Waals surface area contributed by atoms with Gasteiger partial charge in [0.2, 0.25) is 0 Å². The molecule has 72 valence electrons. The van der Waals surface area contributed by atoms with Gasteiger partial charge in [-0.1, -0.05) is 32.0 Å². The van der Waals surface area contributed by atoms with Crippen molar-refractivity contribution in [1.29, 1.82) is 0 Å². The molecule has 1 aromatic carbocycles. The second kappa shape index (κ2) is 4.50. The van der Waals surface area contributed by atoms with Gasteiger partial charge in [0.25, 0.3) is 0 Å². The van der Waals surface area contributed by atoms with Gasteiger partial charge >= 0.3 is 6.03 Å². The van der Waals surface area contributed by atoms with Crippen LogP contribution in [0.25, 0.3) is 0 Å². The zero-order chi connectivity index (χ0) is 9.68. The van der Waals surface area contributed by atoms with Crippen LogP contribution in [0, 0.1) is 0 Å². The molecule has 1 aromatic rings. The number of carbonyl (C=O) groups is 1. The maximum atomic E-state index is 10.8. The molecule has 0 bridgehead atoms. The minimum Gasteiger partial charge on any atom is -0.334 e. The molecule has 0 unspecified atom stereocenters. The summed E-state index contributed by atoms with van der Waals surface area (Å²) in [4.78, 5) is 10.8. The topological polar surface area (TPSA) is 41.1 Å². The third kappa shape index (κ3) is 2.21. The summed E-state index contributed by atoms with van der Waals surface area (Å²) in [5.74, 6) is 0. The molecule has 0 saturated carbocycles. The van der Waals surface area contributed by atoms with Crippen LogP contribution in [-0.4, -0.2) is 6.03 Å². The van der Waals surface area contributed by atoms with Crippen molar-refractivity contribution in [1.82, 2.24) is 5.32 Å². The van der Waals surface area contributed by atoms with Crippen molar-refractivity contribution in [3.63, 3.8) is 0 Å². The summed E-state index contributed by atoms with van der Waals surface area (Å²) in [5.41, 5.74) is 2.04. The SMILES string of the molecule is CC.O=C1NCc2ccccc2N1.[HH]. The lowest BCUT2D eigenvalue weighted by Crippen LogP contribution is -2.33. The first-order valence-corrected chi connectivity index (χ1v) is 4.49. The Bertz CT molecular complexity index is 302. The van der Waals surface area contributed by atoms with Crippen LogP contribution in [0.2, 0.25) is 0 Å². The molecule has 0 spiro atoms. The monoisotopic (exact) mass is 180 g/mol. The number of anilines is 1. The predicted molar refractivity (Wildman–Crippen MR) is 55.8 cm³/mol. The van der Waals surface area contributed by atoms with Crippen LogP contribution in [0.1, 0.15) is 20.8 Å². The summed E-state index contributed by atoms with van der Waals surface area (Å²) in [6.07, 6.45) is 0. The molecule has 2 N–H and O–H groups in total. The minimum atomic E-state index is -0.122. The Morgan fingerprint density at radius 3 is 2.77 bits per heavy atom. The fourth-order valence-corrected chi connectivity index (χ4v) is 1.14. The lowest BCUT2D eigenvalue weighted by Gasteiger charge is -2.17. The van der Waals surface area contributed by atoms with Gasteiger partial charge in [-0.25, -0.2) is 4.79 Å².